The first-order chi connectivity index (χ1) is 6.00. The van der Waals surface area contributed by atoms with Gasteiger partial charge in [-0.3, -0.25) is 4.79 Å². The zero-order chi connectivity index (χ0) is 10.4. The molecular formula is C9H19NO2S. The number of thiol groups is 1. The van der Waals surface area contributed by atoms with Gasteiger partial charge in [-0.05, 0) is 20.8 Å². The fraction of sp³-hybridized carbons (Fsp3) is 0.889. The van der Waals surface area contributed by atoms with Gasteiger partial charge in [0, 0.05) is 19.7 Å². The Balaban J connectivity index is 4.16. The van der Waals surface area contributed by atoms with Gasteiger partial charge in [0.1, 0.15) is 0 Å². The van der Waals surface area contributed by atoms with E-state index < -0.39 is 0 Å². The first-order valence-corrected chi connectivity index (χ1v) is 4.99. The van der Waals surface area contributed by atoms with Gasteiger partial charge in [-0.1, -0.05) is 0 Å². The predicted octanol–water partition coefficient (Wildman–Crippen LogP) is 1.19. The number of nitrogens with zero attached hydrogens (tertiary/aromatic N) is 1. The molecule has 0 aromatic carbocycles. The summed E-state index contributed by atoms with van der Waals surface area (Å²) in [7, 11) is 1.63. The lowest BCUT2D eigenvalue weighted by Crippen LogP contribution is -2.42. The van der Waals surface area contributed by atoms with Crippen molar-refractivity contribution in [1.82, 2.24) is 4.90 Å². The summed E-state index contributed by atoms with van der Waals surface area (Å²) in [5.41, 5.74) is 0. The molecule has 0 rings (SSSR count). The van der Waals surface area contributed by atoms with Gasteiger partial charge in [-0.15, -0.1) is 0 Å². The number of amides is 1. The monoisotopic (exact) mass is 205 g/mol. The minimum Gasteiger partial charge on any atom is -0.383 e. The number of hydrogen-bond donors (Lipinski definition) is 1. The molecule has 1 unspecified atom stereocenters. The Morgan fingerprint density at radius 1 is 1.46 bits per heavy atom. The Morgan fingerprint density at radius 3 is 2.31 bits per heavy atom. The van der Waals surface area contributed by atoms with Crippen molar-refractivity contribution in [2.75, 3.05) is 20.3 Å². The van der Waals surface area contributed by atoms with E-state index in [0.29, 0.717) is 13.2 Å². The molecule has 0 saturated heterocycles. The van der Waals surface area contributed by atoms with Crippen molar-refractivity contribution < 1.29 is 9.53 Å². The van der Waals surface area contributed by atoms with Gasteiger partial charge in [0.2, 0.25) is 5.91 Å². The van der Waals surface area contributed by atoms with Gasteiger partial charge < -0.3 is 9.64 Å². The molecule has 78 valence electrons. The molecule has 0 aromatic rings. The summed E-state index contributed by atoms with van der Waals surface area (Å²) in [6, 6.07) is 0.206. The average molecular weight is 205 g/mol. The maximum atomic E-state index is 11.6. The van der Waals surface area contributed by atoms with Crippen LogP contribution in [-0.2, 0) is 9.53 Å². The van der Waals surface area contributed by atoms with Crippen LogP contribution >= 0.6 is 12.6 Å². The van der Waals surface area contributed by atoms with E-state index in [1.165, 1.54) is 0 Å². The summed E-state index contributed by atoms with van der Waals surface area (Å²) in [6.45, 7) is 6.98. The minimum atomic E-state index is -0.237. The Hall–Kier alpha value is -0.220. The van der Waals surface area contributed by atoms with Crippen LogP contribution in [0.1, 0.15) is 20.8 Å². The topological polar surface area (TPSA) is 29.5 Å². The third-order valence-corrected chi connectivity index (χ3v) is 2.02. The van der Waals surface area contributed by atoms with Gasteiger partial charge >= 0.3 is 0 Å². The van der Waals surface area contributed by atoms with Gasteiger partial charge in [0.05, 0.1) is 11.9 Å². The van der Waals surface area contributed by atoms with Crippen molar-refractivity contribution in [1.29, 1.82) is 0 Å². The quantitative estimate of drug-likeness (QED) is 0.683. The van der Waals surface area contributed by atoms with Gasteiger partial charge in [0.15, 0.2) is 0 Å². The van der Waals surface area contributed by atoms with Crippen molar-refractivity contribution in [2.24, 2.45) is 0 Å². The lowest BCUT2D eigenvalue weighted by molar-refractivity contribution is -0.132. The molecule has 0 heterocycles. The summed E-state index contributed by atoms with van der Waals surface area (Å²) in [5.74, 6) is 0.0652. The SMILES string of the molecule is COCCN(C(=O)C(C)S)C(C)C. The Bertz CT molecular complexity index is 160. The molecule has 0 saturated carbocycles. The van der Waals surface area contributed by atoms with Crippen LogP contribution in [0.3, 0.4) is 0 Å². The second-order valence-electron chi connectivity index (χ2n) is 3.29. The van der Waals surface area contributed by atoms with Crippen LogP contribution in [0.2, 0.25) is 0 Å². The maximum absolute atomic E-state index is 11.6. The number of carbonyl (C=O) groups is 1. The Morgan fingerprint density at radius 2 is 2.00 bits per heavy atom. The van der Waals surface area contributed by atoms with Crippen molar-refractivity contribution in [3.05, 3.63) is 0 Å². The van der Waals surface area contributed by atoms with Crippen LogP contribution in [-0.4, -0.2) is 42.4 Å². The first kappa shape index (κ1) is 12.8. The largest absolute Gasteiger partial charge is 0.383 e. The van der Waals surface area contributed by atoms with Crippen molar-refractivity contribution in [2.45, 2.75) is 32.1 Å². The van der Waals surface area contributed by atoms with E-state index in [-0.39, 0.29) is 17.2 Å². The predicted molar refractivity (Wildman–Crippen MR) is 57.2 cm³/mol. The molecule has 0 spiro atoms. The van der Waals surface area contributed by atoms with Crippen molar-refractivity contribution in [3.63, 3.8) is 0 Å². The molecule has 1 amide bonds. The van der Waals surface area contributed by atoms with Gasteiger partial charge in [-0.25, -0.2) is 0 Å². The number of methoxy groups -OCH3 is 1. The van der Waals surface area contributed by atoms with Crippen LogP contribution < -0.4 is 0 Å². The summed E-state index contributed by atoms with van der Waals surface area (Å²) in [4.78, 5) is 13.4. The van der Waals surface area contributed by atoms with E-state index >= 15 is 0 Å². The number of rotatable bonds is 5. The van der Waals surface area contributed by atoms with Crippen LogP contribution in [0.25, 0.3) is 0 Å². The second-order valence-corrected chi connectivity index (χ2v) is 4.07. The van der Waals surface area contributed by atoms with E-state index in [4.69, 9.17) is 4.74 Å². The molecule has 0 bridgehead atoms. The fourth-order valence-electron chi connectivity index (χ4n) is 1.05. The highest BCUT2D eigenvalue weighted by Gasteiger charge is 2.19. The normalized spacial score (nSPS) is 13.1. The van der Waals surface area contributed by atoms with E-state index in [1.807, 2.05) is 13.8 Å². The van der Waals surface area contributed by atoms with Crippen LogP contribution in [0.15, 0.2) is 0 Å². The molecule has 13 heavy (non-hydrogen) atoms. The molecule has 0 aliphatic rings. The highest BCUT2D eigenvalue weighted by Crippen LogP contribution is 2.05. The molecular weight excluding hydrogens is 186 g/mol. The summed E-state index contributed by atoms with van der Waals surface area (Å²) in [6.07, 6.45) is 0. The van der Waals surface area contributed by atoms with Crippen molar-refractivity contribution in [3.8, 4) is 0 Å². The van der Waals surface area contributed by atoms with Crippen LogP contribution in [0.4, 0.5) is 0 Å². The highest BCUT2D eigenvalue weighted by atomic mass is 32.1. The second kappa shape index (κ2) is 6.27. The minimum absolute atomic E-state index is 0.0652. The smallest absolute Gasteiger partial charge is 0.235 e. The van der Waals surface area contributed by atoms with Gasteiger partial charge in [-0.2, -0.15) is 12.6 Å². The molecule has 1 atom stereocenters. The summed E-state index contributed by atoms with van der Waals surface area (Å²) >= 11 is 4.12. The lowest BCUT2D eigenvalue weighted by Gasteiger charge is -2.27. The first-order valence-electron chi connectivity index (χ1n) is 4.48. The van der Waals surface area contributed by atoms with Gasteiger partial charge in [0.25, 0.3) is 0 Å². The Kier molecular flexibility index (Phi) is 6.16. The summed E-state index contributed by atoms with van der Waals surface area (Å²) in [5, 5.41) is -0.237. The standard InChI is InChI=1S/C9H19NO2S/c1-7(2)10(5-6-12-4)9(11)8(3)13/h7-8,13H,5-6H2,1-4H3. The molecule has 0 radical (unpaired) electrons. The third-order valence-electron chi connectivity index (χ3n) is 1.80. The molecule has 0 aromatic heterocycles. The average Bonchev–Trinajstić information content (AvgIpc) is 2.04. The fourth-order valence-corrected chi connectivity index (χ4v) is 1.20. The zero-order valence-electron chi connectivity index (χ0n) is 8.78. The number of carbonyl (C=O) groups excluding carboxylic acids is 1. The van der Waals surface area contributed by atoms with E-state index in [9.17, 15) is 4.79 Å². The highest BCUT2D eigenvalue weighted by molar-refractivity contribution is 7.81. The Labute approximate surface area is 85.8 Å². The van der Waals surface area contributed by atoms with E-state index in [2.05, 4.69) is 12.6 Å². The summed E-state index contributed by atoms with van der Waals surface area (Å²) < 4.78 is 4.93. The maximum Gasteiger partial charge on any atom is 0.235 e. The number of hydrogen-bond acceptors (Lipinski definition) is 3. The third kappa shape index (κ3) is 4.52. The zero-order valence-corrected chi connectivity index (χ0v) is 9.67. The lowest BCUT2D eigenvalue weighted by atomic mass is 10.3. The van der Waals surface area contributed by atoms with Crippen molar-refractivity contribution >= 4 is 18.5 Å². The number of ether oxygens (including phenoxy) is 1. The molecule has 0 N–H and O–H groups in total. The molecule has 3 nitrogen and oxygen atoms in total. The van der Waals surface area contributed by atoms with E-state index in [1.54, 1.807) is 18.9 Å². The molecule has 0 fully saturated rings. The van der Waals surface area contributed by atoms with Crippen LogP contribution in [0.5, 0.6) is 0 Å². The molecule has 4 heteroatoms. The molecule has 0 aliphatic carbocycles. The molecule has 0 aliphatic heterocycles. The van der Waals surface area contributed by atoms with E-state index in [0.717, 1.165) is 0 Å². The van der Waals surface area contributed by atoms with Crippen LogP contribution in [0, 0.1) is 0 Å².